The highest BCUT2D eigenvalue weighted by Gasteiger charge is 2.25. The molecule has 1 aliphatic heterocycles. The predicted octanol–water partition coefficient (Wildman–Crippen LogP) is 3.13. The Bertz CT molecular complexity index is 546. The molecule has 1 heterocycles. The number of carbonyl (C=O) groups is 1. The van der Waals surface area contributed by atoms with Crippen LogP contribution in [-0.4, -0.2) is 41.7 Å². The van der Waals surface area contributed by atoms with Crippen LogP contribution < -0.4 is 5.32 Å². The first kappa shape index (κ1) is 16.3. The van der Waals surface area contributed by atoms with Crippen molar-refractivity contribution in [1.29, 1.82) is 0 Å². The molecular formula is C19H28N2O2. The number of rotatable bonds is 4. The van der Waals surface area contributed by atoms with E-state index in [1.807, 2.05) is 23.1 Å². The summed E-state index contributed by atoms with van der Waals surface area (Å²) in [5.41, 5.74) is 1.80. The number of benzene rings is 1. The van der Waals surface area contributed by atoms with Crippen LogP contribution in [0.4, 0.5) is 5.69 Å². The molecule has 1 aromatic rings. The van der Waals surface area contributed by atoms with Crippen molar-refractivity contribution in [2.75, 3.05) is 25.0 Å². The second-order valence-corrected chi connectivity index (χ2v) is 7.18. The quantitative estimate of drug-likeness (QED) is 0.897. The maximum Gasteiger partial charge on any atom is 0.253 e. The van der Waals surface area contributed by atoms with Crippen LogP contribution in [0.3, 0.4) is 0 Å². The number of nitrogens with one attached hydrogen (secondary N) is 1. The standard InChI is InChI=1S/C19H28N2O2/c1-14-5-2-9-18(14)20-17-8-3-7-16(11-17)19(23)21-10-4-6-15(12-21)13-22/h3,7-8,11,14-15,18,20,22H,2,4-6,9-10,12-13H2,1H3. The van der Waals surface area contributed by atoms with E-state index < -0.39 is 0 Å². The molecule has 0 bridgehead atoms. The van der Waals surface area contributed by atoms with Gasteiger partial charge in [0, 0.05) is 37.0 Å². The van der Waals surface area contributed by atoms with E-state index >= 15 is 0 Å². The molecule has 1 amide bonds. The molecule has 1 saturated heterocycles. The topological polar surface area (TPSA) is 52.6 Å². The van der Waals surface area contributed by atoms with E-state index in [0.717, 1.165) is 30.6 Å². The minimum absolute atomic E-state index is 0.0891. The van der Waals surface area contributed by atoms with E-state index in [4.69, 9.17) is 0 Å². The van der Waals surface area contributed by atoms with Gasteiger partial charge in [0.05, 0.1) is 0 Å². The van der Waals surface area contributed by atoms with Crippen molar-refractivity contribution >= 4 is 11.6 Å². The molecule has 1 aromatic carbocycles. The van der Waals surface area contributed by atoms with E-state index in [1.165, 1.54) is 19.3 Å². The highest BCUT2D eigenvalue weighted by atomic mass is 16.3. The largest absolute Gasteiger partial charge is 0.396 e. The molecule has 2 aliphatic rings. The number of likely N-dealkylation sites (tertiary alicyclic amines) is 1. The van der Waals surface area contributed by atoms with Crippen molar-refractivity contribution in [2.45, 2.75) is 45.1 Å². The maximum absolute atomic E-state index is 12.7. The number of aliphatic hydroxyl groups excluding tert-OH is 1. The first-order valence-corrected chi connectivity index (χ1v) is 8.94. The maximum atomic E-state index is 12.7. The van der Waals surface area contributed by atoms with Gasteiger partial charge in [0.15, 0.2) is 0 Å². The number of amides is 1. The Kier molecular flexibility index (Phi) is 5.21. The average Bonchev–Trinajstić information content (AvgIpc) is 2.99. The lowest BCUT2D eigenvalue weighted by Crippen LogP contribution is -2.40. The number of aliphatic hydroxyl groups is 1. The van der Waals surface area contributed by atoms with E-state index in [-0.39, 0.29) is 18.4 Å². The molecule has 4 nitrogen and oxygen atoms in total. The molecule has 2 N–H and O–H groups in total. The molecule has 1 aliphatic carbocycles. The number of nitrogens with zero attached hydrogens (tertiary/aromatic N) is 1. The molecule has 1 saturated carbocycles. The third-order valence-electron chi connectivity index (χ3n) is 5.39. The Balaban J connectivity index is 1.67. The summed E-state index contributed by atoms with van der Waals surface area (Å²) in [5.74, 6) is 1.02. The molecular weight excluding hydrogens is 288 g/mol. The number of hydrogen-bond donors (Lipinski definition) is 2. The monoisotopic (exact) mass is 316 g/mol. The fraction of sp³-hybridized carbons (Fsp3) is 0.632. The van der Waals surface area contributed by atoms with Gasteiger partial charge in [-0.2, -0.15) is 0 Å². The molecule has 3 unspecified atom stereocenters. The molecule has 126 valence electrons. The van der Waals surface area contributed by atoms with Crippen molar-refractivity contribution in [3.63, 3.8) is 0 Å². The Morgan fingerprint density at radius 2 is 2.17 bits per heavy atom. The van der Waals surface area contributed by atoms with Gasteiger partial charge in [0.1, 0.15) is 0 Å². The fourth-order valence-electron chi connectivity index (χ4n) is 3.90. The summed E-state index contributed by atoms with van der Waals surface area (Å²) in [6, 6.07) is 8.41. The van der Waals surface area contributed by atoms with Crippen LogP contribution in [0.25, 0.3) is 0 Å². The lowest BCUT2D eigenvalue weighted by molar-refractivity contribution is 0.0621. The normalized spacial score (nSPS) is 27.9. The van der Waals surface area contributed by atoms with Crippen LogP contribution in [0.1, 0.15) is 49.4 Å². The molecule has 0 radical (unpaired) electrons. The minimum Gasteiger partial charge on any atom is -0.396 e. The Hall–Kier alpha value is -1.55. The SMILES string of the molecule is CC1CCCC1Nc1cccc(C(=O)N2CCCC(CO)C2)c1. The Labute approximate surface area is 138 Å². The molecule has 2 fully saturated rings. The third-order valence-corrected chi connectivity index (χ3v) is 5.39. The molecule has 4 heteroatoms. The van der Waals surface area contributed by atoms with E-state index in [9.17, 15) is 9.90 Å². The van der Waals surface area contributed by atoms with Gasteiger partial charge in [0.2, 0.25) is 0 Å². The van der Waals surface area contributed by atoms with Gasteiger partial charge in [-0.25, -0.2) is 0 Å². The lowest BCUT2D eigenvalue weighted by Gasteiger charge is -2.32. The minimum atomic E-state index is 0.0891. The zero-order valence-electron chi connectivity index (χ0n) is 14.0. The molecule has 3 atom stereocenters. The average molecular weight is 316 g/mol. The van der Waals surface area contributed by atoms with E-state index in [0.29, 0.717) is 18.5 Å². The summed E-state index contributed by atoms with van der Waals surface area (Å²) >= 11 is 0. The van der Waals surface area contributed by atoms with Crippen LogP contribution in [0, 0.1) is 11.8 Å². The Morgan fingerprint density at radius 3 is 2.91 bits per heavy atom. The third kappa shape index (κ3) is 3.86. The zero-order chi connectivity index (χ0) is 16.2. The van der Waals surface area contributed by atoms with Gasteiger partial charge in [-0.3, -0.25) is 4.79 Å². The summed E-state index contributed by atoms with van der Waals surface area (Å²) in [6.45, 7) is 3.94. The van der Waals surface area contributed by atoms with Crippen LogP contribution in [0.5, 0.6) is 0 Å². The second kappa shape index (κ2) is 7.35. The molecule has 3 rings (SSSR count). The van der Waals surface area contributed by atoms with E-state index in [2.05, 4.69) is 18.3 Å². The molecule has 0 spiro atoms. The summed E-state index contributed by atoms with van der Waals surface area (Å²) in [7, 11) is 0. The highest BCUT2D eigenvalue weighted by molar-refractivity contribution is 5.95. The summed E-state index contributed by atoms with van der Waals surface area (Å²) in [6.07, 6.45) is 5.78. The first-order chi connectivity index (χ1) is 11.2. The van der Waals surface area contributed by atoms with Gasteiger partial charge in [-0.15, -0.1) is 0 Å². The molecule has 0 aromatic heterocycles. The fourth-order valence-corrected chi connectivity index (χ4v) is 3.90. The van der Waals surface area contributed by atoms with Crippen LogP contribution in [0.15, 0.2) is 24.3 Å². The summed E-state index contributed by atoms with van der Waals surface area (Å²) in [4.78, 5) is 14.6. The van der Waals surface area contributed by atoms with E-state index in [1.54, 1.807) is 0 Å². The predicted molar refractivity (Wildman–Crippen MR) is 92.6 cm³/mol. The van der Waals surface area contributed by atoms with Gasteiger partial charge < -0.3 is 15.3 Å². The van der Waals surface area contributed by atoms with Gasteiger partial charge >= 0.3 is 0 Å². The lowest BCUT2D eigenvalue weighted by atomic mass is 9.98. The number of carbonyl (C=O) groups excluding carboxylic acids is 1. The van der Waals surface area contributed by atoms with Gasteiger partial charge in [-0.1, -0.05) is 19.4 Å². The Morgan fingerprint density at radius 1 is 1.30 bits per heavy atom. The number of hydrogen-bond acceptors (Lipinski definition) is 3. The van der Waals surface area contributed by atoms with Crippen molar-refractivity contribution in [2.24, 2.45) is 11.8 Å². The van der Waals surface area contributed by atoms with Gasteiger partial charge in [-0.05, 0) is 55.7 Å². The van der Waals surface area contributed by atoms with Crippen molar-refractivity contribution in [3.8, 4) is 0 Å². The van der Waals surface area contributed by atoms with Crippen molar-refractivity contribution in [1.82, 2.24) is 4.90 Å². The number of anilines is 1. The summed E-state index contributed by atoms with van der Waals surface area (Å²) in [5, 5.41) is 12.9. The summed E-state index contributed by atoms with van der Waals surface area (Å²) < 4.78 is 0. The van der Waals surface area contributed by atoms with Gasteiger partial charge in [0.25, 0.3) is 5.91 Å². The first-order valence-electron chi connectivity index (χ1n) is 8.94. The molecule has 23 heavy (non-hydrogen) atoms. The second-order valence-electron chi connectivity index (χ2n) is 7.18. The van der Waals surface area contributed by atoms with Crippen molar-refractivity contribution in [3.05, 3.63) is 29.8 Å². The van der Waals surface area contributed by atoms with Crippen LogP contribution >= 0.6 is 0 Å². The smallest absolute Gasteiger partial charge is 0.253 e. The van der Waals surface area contributed by atoms with Crippen LogP contribution in [0.2, 0.25) is 0 Å². The number of piperidine rings is 1. The zero-order valence-corrected chi connectivity index (χ0v) is 14.0. The van der Waals surface area contributed by atoms with Crippen molar-refractivity contribution < 1.29 is 9.90 Å². The van der Waals surface area contributed by atoms with Crippen LogP contribution in [-0.2, 0) is 0 Å². The highest BCUT2D eigenvalue weighted by Crippen LogP contribution is 2.28.